The number of rotatable bonds is 7. The van der Waals surface area contributed by atoms with E-state index in [0.29, 0.717) is 18.8 Å². The molecule has 2 N–H and O–H groups in total. The lowest BCUT2D eigenvalue weighted by molar-refractivity contribution is 0.185. The molecule has 1 aromatic rings. The highest BCUT2D eigenvalue weighted by Crippen LogP contribution is 2.18. The van der Waals surface area contributed by atoms with E-state index < -0.39 is 15.3 Å². The summed E-state index contributed by atoms with van der Waals surface area (Å²) in [7, 11) is -0.0790. The summed E-state index contributed by atoms with van der Waals surface area (Å²) in [5.74, 6) is 0. The highest BCUT2D eigenvalue weighted by Gasteiger charge is 2.20. The summed E-state index contributed by atoms with van der Waals surface area (Å²) in [6.07, 6.45) is 0. The van der Waals surface area contributed by atoms with Crippen molar-refractivity contribution in [3.8, 4) is 0 Å². The SMILES string of the molecule is CNCC(C)S(=O)(=O)Nc1ccccc1COC. The Hall–Kier alpha value is -1.11. The molecule has 0 aliphatic heterocycles. The van der Waals surface area contributed by atoms with Crippen LogP contribution >= 0.6 is 0 Å². The summed E-state index contributed by atoms with van der Waals surface area (Å²) in [5, 5.41) is 2.35. The smallest absolute Gasteiger partial charge is 0.236 e. The summed E-state index contributed by atoms with van der Waals surface area (Å²) in [6, 6.07) is 7.21. The van der Waals surface area contributed by atoms with Gasteiger partial charge in [-0.05, 0) is 20.0 Å². The number of nitrogens with one attached hydrogen (secondary N) is 2. The second-order valence-corrected chi connectivity index (χ2v) is 6.20. The molecule has 0 heterocycles. The topological polar surface area (TPSA) is 67.4 Å². The van der Waals surface area contributed by atoms with Gasteiger partial charge in [-0.3, -0.25) is 4.72 Å². The Morgan fingerprint density at radius 1 is 1.33 bits per heavy atom. The van der Waals surface area contributed by atoms with Crippen molar-refractivity contribution in [3.05, 3.63) is 29.8 Å². The van der Waals surface area contributed by atoms with Gasteiger partial charge in [0.1, 0.15) is 0 Å². The molecule has 0 fully saturated rings. The Bertz CT molecular complexity index is 474. The maximum atomic E-state index is 12.1. The van der Waals surface area contributed by atoms with Crippen LogP contribution in [0.4, 0.5) is 5.69 Å². The summed E-state index contributed by atoms with van der Waals surface area (Å²) >= 11 is 0. The molecule has 6 heteroatoms. The van der Waals surface area contributed by atoms with Gasteiger partial charge < -0.3 is 10.1 Å². The van der Waals surface area contributed by atoms with Crippen LogP contribution in [0.3, 0.4) is 0 Å². The first-order valence-electron chi connectivity index (χ1n) is 5.74. The van der Waals surface area contributed by atoms with E-state index in [4.69, 9.17) is 4.74 Å². The van der Waals surface area contributed by atoms with Gasteiger partial charge in [-0.15, -0.1) is 0 Å². The Kier molecular flexibility index (Phi) is 5.58. The predicted molar refractivity (Wildman–Crippen MR) is 73.1 cm³/mol. The molecule has 0 spiro atoms. The molecule has 0 aliphatic rings. The normalized spacial score (nSPS) is 13.3. The molecule has 0 saturated heterocycles. The zero-order chi connectivity index (χ0) is 13.6. The molecule has 0 amide bonds. The van der Waals surface area contributed by atoms with Crippen molar-refractivity contribution in [1.29, 1.82) is 0 Å². The van der Waals surface area contributed by atoms with Crippen molar-refractivity contribution in [2.45, 2.75) is 18.8 Å². The van der Waals surface area contributed by atoms with Crippen molar-refractivity contribution in [1.82, 2.24) is 5.32 Å². The average Bonchev–Trinajstić information content (AvgIpc) is 2.32. The van der Waals surface area contributed by atoms with Crippen molar-refractivity contribution >= 4 is 15.7 Å². The van der Waals surface area contributed by atoms with Gasteiger partial charge >= 0.3 is 0 Å². The molecule has 0 aliphatic carbocycles. The predicted octanol–water partition coefficient (Wildman–Crippen LogP) is 1.18. The van der Waals surface area contributed by atoms with Crippen molar-refractivity contribution in [3.63, 3.8) is 0 Å². The number of hydrogen-bond acceptors (Lipinski definition) is 4. The van der Waals surface area contributed by atoms with Crippen LogP contribution in [-0.4, -0.2) is 34.4 Å². The van der Waals surface area contributed by atoms with Crippen LogP contribution in [0.1, 0.15) is 12.5 Å². The number of benzene rings is 1. The quantitative estimate of drug-likeness (QED) is 0.782. The first-order valence-corrected chi connectivity index (χ1v) is 7.29. The van der Waals surface area contributed by atoms with E-state index in [1.165, 1.54) is 0 Å². The van der Waals surface area contributed by atoms with Crippen LogP contribution in [-0.2, 0) is 21.4 Å². The third-order valence-corrected chi connectivity index (χ3v) is 4.32. The third-order valence-electron chi connectivity index (χ3n) is 2.59. The molecule has 102 valence electrons. The minimum Gasteiger partial charge on any atom is -0.380 e. The van der Waals surface area contributed by atoms with Crippen molar-refractivity contribution < 1.29 is 13.2 Å². The number of ether oxygens (including phenoxy) is 1. The third kappa shape index (κ3) is 3.97. The minimum atomic E-state index is -3.38. The van der Waals surface area contributed by atoms with Crippen LogP contribution in [0.25, 0.3) is 0 Å². The first kappa shape index (κ1) is 14.9. The lowest BCUT2D eigenvalue weighted by Gasteiger charge is -2.16. The second-order valence-electron chi connectivity index (χ2n) is 4.11. The fourth-order valence-corrected chi connectivity index (χ4v) is 2.65. The molecule has 0 bridgehead atoms. The minimum absolute atomic E-state index is 0.374. The molecule has 0 radical (unpaired) electrons. The van der Waals surface area contributed by atoms with Crippen molar-refractivity contribution in [2.75, 3.05) is 25.4 Å². The average molecular weight is 272 g/mol. The first-order chi connectivity index (χ1) is 8.51. The maximum Gasteiger partial charge on any atom is 0.236 e. The fourth-order valence-electron chi connectivity index (χ4n) is 1.55. The van der Waals surface area contributed by atoms with E-state index in [2.05, 4.69) is 10.0 Å². The van der Waals surface area contributed by atoms with Gasteiger partial charge in [0.2, 0.25) is 10.0 Å². The van der Waals surface area contributed by atoms with E-state index in [1.54, 1.807) is 33.2 Å². The van der Waals surface area contributed by atoms with Crippen molar-refractivity contribution in [2.24, 2.45) is 0 Å². The van der Waals surface area contributed by atoms with Crippen LogP contribution in [0, 0.1) is 0 Å². The van der Waals surface area contributed by atoms with E-state index in [-0.39, 0.29) is 0 Å². The van der Waals surface area contributed by atoms with Gasteiger partial charge in [0.25, 0.3) is 0 Å². The number of hydrogen-bond donors (Lipinski definition) is 2. The Morgan fingerprint density at radius 3 is 2.61 bits per heavy atom. The fraction of sp³-hybridized carbons (Fsp3) is 0.500. The van der Waals surface area contributed by atoms with Gasteiger partial charge in [-0.25, -0.2) is 8.42 Å². The molecule has 1 aromatic carbocycles. The number of para-hydroxylation sites is 1. The summed E-state index contributed by atoms with van der Waals surface area (Å²) in [6.45, 7) is 2.44. The van der Waals surface area contributed by atoms with E-state index in [9.17, 15) is 8.42 Å². The van der Waals surface area contributed by atoms with E-state index in [0.717, 1.165) is 5.56 Å². The number of methoxy groups -OCH3 is 1. The largest absolute Gasteiger partial charge is 0.380 e. The van der Waals surface area contributed by atoms with Gasteiger partial charge in [0, 0.05) is 19.2 Å². The number of sulfonamides is 1. The molecule has 5 nitrogen and oxygen atoms in total. The van der Waals surface area contributed by atoms with Crippen LogP contribution in [0.15, 0.2) is 24.3 Å². The molecule has 1 atom stereocenters. The molecule has 1 rings (SSSR count). The van der Waals surface area contributed by atoms with E-state index >= 15 is 0 Å². The standard InChI is InChI=1S/C12H20N2O3S/c1-10(8-13-2)18(15,16)14-12-7-5-4-6-11(12)9-17-3/h4-7,10,13-14H,8-9H2,1-3H3. The van der Waals surface area contributed by atoms with Crippen LogP contribution in [0.5, 0.6) is 0 Å². The zero-order valence-corrected chi connectivity index (χ0v) is 11.8. The highest BCUT2D eigenvalue weighted by atomic mass is 32.2. The summed E-state index contributed by atoms with van der Waals surface area (Å²) < 4.78 is 31.8. The lowest BCUT2D eigenvalue weighted by atomic mass is 10.2. The molecule has 0 saturated carbocycles. The van der Waals surface area contributed by atoms with E-state index in [1.807, 2.05) is 12.1 Å². The Morgan fingerprint density at radius 2 is 2.00 bits per heavy atom. The Balaban J connectivity index is 2.90. The molecule has 1 unspecified atom stereocenters. The van der Waals surface area contributed by atoms with Gasteiger partial charge in [-0.1, -0.05) is 18.2 Å². The summed E-state index contributed by atoms with van der Waals surface area (Å²) in [4.78, 5) is 0. The van der Waals surface area contributed by atoms with Gasteiger partial charge in [-0.2, -0.15) is 0 Å². The Labute approximate surface area is 109 Å². The maximum absolute atomic E-state index is 12.1. The zero-order valence-electron chi connectivity index (χ0n) is 10.9. The lowest BCUT2D eigenvalue weighted by Crippen LogP contribution is -2.33. The molecule has 0 aromatic heterocycles. The van der Waals surface area contributed by atoms with Gasteiger partial charge in [0.05, 0.1) is 17.5 Å². The molecular formula is C12H20N2O3S. The number of anilines is 1. The highest BCUT2D eigenvalue weighted by molar-refractivity contribution is 7.93. The molecular weight excluding hydrogens is 252 g/mol. The molecule has 18 heavy (non-hydrogen) atoms. The monoisotopic (exact) mass is 272 g/mol. The second kappa shape index (κ2) is 6.72. The van der Waals surface area contributed by atoms with Crippen LogP contribution in [0.2, 0.25) is 0 Å². The van der Waals surface area contributed by atoms with Gasteiger partial charge in [0.15, 0.2) is 0 Å². The summed E-state index contributed by atoms with van der Waals surface area (Å²) in [5.41, 5.74) is 1.39. The van der Waals surface area contributed by atoms with Crippen LogP contribution < -0.4 is 10.0 Å².